The van der Waals surface area contributed by atoms with Gasteiger partial charge in [0.2, 0.25) is 0 Å². The minimum absolute atomic E-state index is 0. The van der Waals surface area contributed by atoms with E-state index in [9.17, 15) is 9.59 Å². The van der Waals surface area contributed by atoms with Crippen LogP contribution in [0, 0.1) is 13.8 Å². The molecule has 7 nitrogen and oxygen atoms in total. The molecule has 0 radical (unpaired) electrons. The summed E-state index contributed by atoms with van der Waals surface area (Å²) in [6.07, 6.45) is 0. The zero-order valence-electron chi connectivity index (χ0n) is 18.0. The number of fused-ring (bicyclic) bond motifs is 2. The maximum Gasteiger partial charge on any atom is 1.00 e. The fraction of sp³-hybridized carbons (Fsp3) is 0.182. The van der Waals surface area contributed by atoms with Crippen LogP contribution in [0.5, 0.6) is 0 Å². The number of benzene rings is 2. The van der Waals surface area contributed by atoms with Crippen molar-refractivity contribution in [1.29, 1.82) is 0 Å². The van der Waals surface area contributed by atoms with Crippen LogP contribution in [0.3, 0.4) is 0 Å². The van der Waals surface area contributed by atoms with E-state index in [0.717, 1.165) is 41.9 Å². The van der Waals surface area contributed by atoms with Crippen LogP contribution in [0.4, 0.5) is 0 Å². The summed E-state index contributed by atoms with van der Waals surface area (Å²) in [5.74, 6) is -1.26. The summed E-state index contributed by atoms with van der Waals surface area (Å²) in [6, 6.07) is 11.2. The third kappa shape index (κ3) is 6.03. The van der Waals surface area contributed by atoms with E-state index < -0.39 is 5.97 Å². The fourth-order valence-corrected chi connectivity index (χ4v) is 3.91. The van der Waals surface area contributed by atoms with Crippen LogP contribution in [0.15, 0.2) is 45.3 Å². The third-order valence-corrected chi connectivity index (χ3v) is 6.69. The second-order valence-corrected chi connectivity index (χ2v) is 8.29. The van der Waals surface area contributed by atoms with Crippen molar-refractivity contribution in [2.24, 2.45) is 0 Å². The van der Waals surface area contributed by atoms with Gasteiger partial charge in [-0.15, -0.1) is 0 Å². The Balaban J connectivity index is 0.000000303. The van der Waals surface area contributed by atoms with E-state index in [0.29, 0.717) is 12.3 Å². The summed E-state index contributed by atoms with van der Waals surface area (Å²) < 4.78 is 6.90. The minimum atomic E-state index is -0.939. The van der Waals surface area contributed by atoms with Gasteiger partial charge in [0.15, 0.2) is 0 Å². The number of carbonyl (C=O) groups excluding carboxylic acids is 1. The Bertz CT molecular complexity index is 1270. The predicted octanol–water partition coefficient (Wildman–Crippen LogP) is 3.18. The number of carbonyl (C=O) groups is 2. The molecular weight excluding hydrogens is 555 g/mol. The molecule has 0 unspecified atom stereocenters. The summed E-state index contributed by atoms with van der Waals surface area (Å²) >= 11 is 6.94. The van der Waals surface area contributed by atoms with Gasteiger partial charge >= 0.3 is 41.5 Å². The molecule has 2 aromatic carbocycles. The van der Waals surface area contributed by atoms with Crippen molar-refractivity contribution in [3.05, 3.63) is 67.9 Å². The number of rotatable bonds is 3. The number of aromatic nitrogens is 2. The van der Waals surface area contributed by atoms with Gasteiger partial charge in [-0.1, -0.05) is 12.1 Å². The molecule has 0 aliphatic heterocycles. The van der Waals surface area contributed by atoms with Crippen LogP contribution in [0.1, 0.15) is 39.0 Å². The Labute approximate surface area is 223 Å². The summed E-state index contributed by atoms with van der Waals surface area (Å²) in [7, 11) is 0. The average Bonchev–Trinajstić information content (AvgIpc) is 3.34. The van der Waals surface area contributed by atoms with Crippen molar-refractivity contribution in [2.75, 3.05) is 6.61 Å². The maximum atomic E-state index is 11.5. The van der Waals surface area contributed by atoms with E-state index in [4.69, 9.17) is 9.84 Å². The SMILES string of the molecule is CCOC(=O)c1cc2c(Br)c(C)ccc2[nH]1.Cc1ccc2[nH]c(C(=O)O)cc2c1Br.[Na+].[OH-]. The van der Waals surface area contributed by atoms with Crippen LogP contribution in [-0.2, 0) is 4.74 Å². The predicted molar refractivity (Wildman–Crippen MR) is 126 cm³/mol. The van der Waals surface area contributed by atoms with Gasteiger partial charge in [-0.3, -0.25) is 0 Å². The molecule has 4 aromatic rings. The van der Waals surface area contributed by atoms with Crippen molar-refractivity contribution in [3.8, 4) is 0 Å². The van der Waals surface area contributed by atoms with E-state index in [1.807, 2.05) is 44.2 Å². The summed E-state index contributed by atoms with van der Waals surface area (Å²) in [5.41, 5.74) is 4.70. The van der Waals surface area contributed by atoms with Crippen molar-refractivity contribution in [3.63, 3.8) is 0 Å². The molecule has 0 aliphatic carbocycles. The number of halogens is 2. The molecule has 10 heteroatoms. The smallest absolute Gasteiger partial charge is 0.870 e. The maximum absolute atomic E-state index is 11.5. The summed E-state index contributed by atoms with van der Waals surface area (Å²) in [5, 5.41) is 10.7. The second kappa shape index (κ2) is 12.0. The van der Waals surface area contributed by atoms with Crippen LogP contribution in [0.2, 0.25) is 0 Å². The molecule has 32 heavy (non-hydrogen) atoms. The molecule has 4 N–H and O–H groups in total. The molecule has 0 atom stereocenters. The number of nitrogens with one attached hydrogen (secondary N) is 2. The van der Waals surface area contributed by atoms with Crippen molar-refractivity contribution < 1.29 is 54.5 Å². The average molecular weight is 576 g/mol. The first kappa shape index (κ1) is 28.4. The zero-order valence-corrected chi connectivity index (χ0v) is 23.2. The monoisotopic (exact) mass is 574 g/mol. The Morgan fingerprint density at radius 2 is 1.34 bits per heavy atom. The van der Waals surface area contributed by atoms with E-state index in [1.165, 1.54) is 0 Å². The fourth-order valence-electron chi connectivity index (χ4n) is 2.99. The van der Waals surface area contributed by atoms with Gasteiger partial charge in [-0.25, -0.2) is 9.59 Å². The van der Waals surface area contributed by atoms with Gasteiger partial charge in [0, 0.05) is 30.8 Å². The summed E-state index contributed by atoms with van der Waals surface area (Å²) in [4.78, 5) is 28.1. The first-order valence-corrected chi connectivity index (χ1v) is 10.8. The first-order chi connectivity index (χ1) is 14.2. The van der Waals surface area contributed by atoms with Gasteiger partial charge in [0.05, 0.1) is 6.61 Å². The molecular formula is C22H21Br2N2NaO5. The molecule has 0 fully saturated rings. The topological polar surface area (TPSA) is 125 Å². The third-order valence-electron chi connectivity index (χ3n) is 4.59. The molecule has 0 amide bonds. The van der Waals surface area contributed by atoms with Crippen molar-refractivity contribution in [2.45, 2.75) is 20.8 Å². The van der Waals surface area contributed by atoms with E-state index in [1.54, 1.807) is 13.0 Å². The number of aromatic carboxylic acids is 1. The van der Waals surface area contributed by atoms with E-state index in [2.05, 4.69) is 41.8 Å². The molecule has 2 aromatic heterocycles. The molecule has 164 valence electrons. The van der Waals surface area contributed by atoms with Crippen LogP contribution in [0.25, 0.3) is 21.8 Å². The molecule has 0 saturated carbocycles. The number of ether oxygens (including phenoxy) is 1. The Morgan fingerprint density at radius 3 is 1.78 bits per heavy atom. The Hall–Kier alpha value is -1.62. The van der Waals surface area contributed by atoms with Crippen LogP contribution in [-0.4, -0.2) is 39.1 Å². The number of hydrogen-bond acceptors (Lipinski definition) is 4. The van der Waals surface area contributed by atoms with Crippen LogP contribution < -0.4 is 29.6 Å². The van der Waals surface area contributed by atoms with Gasteiger partial charge in [-0.05, 0) is 88.0 Å². The zero-order chi connectivity index (χ0) is 22.0. The molecule has 0 saturated heterocycles. The normalized spacial score (nSPS) is 10.0. The number of aromatic amines is 2. The number of aryl methyl sites for hydroxylation is 2. The Kier molecular flexibility index (Phi) is 10.7. The van der Waals surface area contributed by atoms with Gasteiger partial charge in [0.1, 0.15) is 11.4 Å². The molecule has 4 rings (SSSR count). The molecule has 2 heterocycles. The number of carboxylic acids is 1. The summed E-state index contributed by atoms with van der Waals surface area (Å²) in [6.45, 7) is 6.16. The molecule has 0 bridgehead atoms. The number of carboxylic acid groups (broad SMARTS) is 1. The number of H-pyrrole nitrogens is 2. The minimum Gasteiger partial charge on any atom is -0.870 e. The molecule has 0 spiro atoms. The van der Waals surface area contributed by atoms with Crippen molar-refractivity contribution in [1.82, 2.24) is 9.97 Å². The van der Waals surface area contributed by atoms with Crippen LogP contribution >= 0.6 is 31.9 Å². The second-order valence-electron chi connectivity index (χ2n) is 6.71. The number of hydrogen-bond donors (Lipinski definition) is 3. The quantitative estimate of drug-likeness (QED) is 0.255. The molecule has 0 aliphatic rings. The largest absolute Gasteiger partial charge is 1.00 e. The first-order valence-electron chi connectivity index (χ1n) is 9.19. The van der Waals surface area contributed by atoms with E-state index >= 15 is 0 Å². The number of esters is 1. The standard InChI is InChI=1S/C12H12BrNO2.C10H8BrNO2.Na.H2O/c1-3-16-12(15)10-6-8-9(14-10)5-4-7(2)11(8)13;1-5-2-3-7-6(9(5)11)4-8(12-7)10(13)14;;/h4-6,14H,3H2,1-2H3;2-4,12H,1H3,(H,13,14);;1H2/q;;+1;/p-1. The van der Waals surface area contributed by atoms with Gasteiger partial charge < -0.3 is 25.3 Å². The Morgan fingerprint density at radius 1 is 0.906 bits per heavy atom. The van der Waals surface area contributed by atoms with Crippen molar-refractivity contribution >= 4 is 65.6 Å². The van der Waals surface area contributed by atoms with Gasteiger partial charge in [-0.2, -0.15) is 0 Å². The van der Waals surface area contributed by atoms with E-state index in [-0.39, 0.29) is 46.7 Å². The van der Waals surface area contributed by atoms with Gasteiger partial charge in [0.25, 0.3) is 0 Å².